The third-order valence-corrected chi connectivity index (χ3v) is 23.2. The third-order valence-electron chi connectivity index (χ3n) is 23.2. The van der Waals surface area contributed by atoms with Crippen LogP contribution in [-0.2, 0) is 81.5 Å². The summed E-state index contributed by atoms with van der Waals surface area (Å²) >= 11 is 0. The number of nitrogens with one attached hydrogen (secondary N) is 17. The first-order chi connectivity index (χ1) is 65.5. The number of nitrogens with two attached hydrogens (primary N) is 8. The Bertz CT molecular complexity index is 3670. The Kier molecular flexibility index (Phi) is 68.8. The second-order valence-electron chi connectivity index (χ2n) is 40.8. The van der Waals surface area contributed by atoms with Crippen LogP contribution in [0.2, 0.25) is 0 Å². The number of carbonyl (C=O) groups is 17. The van der Waals surface area contributed by atoms with Crippen molar-refractivity contribution < 1.29 is 81.5 Å². The number of rotatable bonds is 78. The average molecular weight is 1980 g/mol. The van der Waals surface area contributed by atoms with Gasteiger partial charge in [-0.2, -0.15) is 0 Å². The fourth-order valence-electron chi connectivity index (χ4n) is 15.7. The highest BCUT2D eigenvalue weighted by Crippen LogP contribution is 2.20. The second kappa shape index (κ2) is 73.7. The molecule has 0 fully saturated rings. The van der Waals surface area contributed by atoms with Gasteiger partial charge in [0.2, 0.25) is 100 Å². The predicted molar refractivity (Wildman–Crippen MR) is 540 cm³/mol. The number of amides is 17. The molecule has 15 atom stereocenters. The fraction of sp³-hybridized carbons (Fsp3) is 0.825. The van der Waals surface area contributed by atoms with Crippen LogP contribution in [-0.4, -0.2) is 243 Å². The highest BCUT2D eigenvalue weighted by molar-refractivity contribution is 6.01. The molecule has 0 saturated carbocycles. The van der Waals surface area contributed by atoms with Crippen LogP contribution in [0.1, 0.15) is 317 Å². The molecule has 0 rings (SSSR count). The zero-order valence-electron chi connectivity index (χ0n) is 87.3. The number of hydrazine groups is 1. The molecule has 0 heterocycles. The topological polar surface area (TPSA) is 703 Å². The highest BCUT2D eigenvalue weighted by Gasteiger charge is 2.40. The van der Waals surface area contributed by atoms with E-state index >= 15 is 0 Å². The quantitative estimate of drug-likeness (QED) is 0.0172. The van der Waals surface area contributed by atoms with Crippen LogP contribution in [0.25, 0.3) is 0 Å². The highest BCUT2D eigenvalue weighted by atomic mass is 16.2. The Morgan fingerprint density at radius 3 is 0.640 bits per heavy atom. The molecule has 0 saturated heterocycles. The molecule has 0 unspecified atom stereocenters. The molecule has 802 valence electrons. The van der Waals surface area contributed by atoms with Gasteiger partial charge in [-0.15, -0.1) is 0 Å². The largest absolute Gasteiger partial charge is 0.355 e. The number of carbonyl (C=O) groups excluding carboxylic acids is 17. The molecule has 17 amide bonds. The van der Waals surface area contributed by atoms with Gasteiger partial charge in [0.05, 0.1) is 12.6 Å². The van der Waals surface area contributed by atoms with E-state index in [-0.39, 0.29) is 163 Å². The molecule has 139 heavy (non-hydrogen) atoms. The molecular formula is C97H187N25O17. The van der Waals surface area contributed by atoms with E-state index in [1.165, 1.54) is 0 Å². The fourth-order valence-corrected chi connectivity index (χ4v) is 15.7. The summed E-state index contributed by atoms with van der Waals surface area (Å²) in [5.74, 6) is -8.52. The summed E-state index contributed by atoms with van der Waals surface area (Å²) in [5, 5.41) is 44.8. The predicted octanol–water partition coefficient (Wildman–Crippen LogP) is 0.682. The minimum Gasteiger partial charge on any atom is -0.355 e. The Balaban J connectivity index is 7.31. The Morgan fingerprint density at radius 1 is 0.209 bits per heavy atom. The first-order valence-electron chi connectivity index (χ1n) is 51.3. The molecule has 42 nitrogen and oxygen atoms in total. The van der Waals surface area contributed by atoms with E-state index in [0.717, 1.165) is 0 Å². The van der Waals surface area contributed by atoms with Crippen LogP contribution in [0.5, 0.6) is 0 Å². The molecular weight excluding hydrogens is 1790 g/mol. The van der Waals surface area contributed by atoms with Crippen molar-refractivity contribution in [2.45, 2.75) is 408 Å². The number of hydrogen-bond donors (Lipinski definition) is 25. The van der Waals surface area contributed by atoms with Crippen molar-refractivity contribution in [2.24, 2.45) is 99.2 Å². The lowest BCUT2D eigenvalue weighted by molar-refractivity contribution is -0.137. The molecule has 0 spiro atoms. The van der Waals surface area contributed by atoms with Crippen LogP contribution in [0.15, 0.2) is 0 Å². The van der Waals surface area contributed by atoms with Gasteiger partial charge in [-0.25, -0.2) is 5.84 Å². The van der Waals surface area contributed by atoms with Crippen molar-refractivity contribution in [3.8, 4) is 0 Å². The van der Waals surface area contributed by atoms with Gasteiger partial charge in [0.15, 0.2) is 0 Å². The van der Waals surface area contributed by atoms with E-state index in [2.05, 4.69) is 90.5 Å². The molecule has 0 aliphatic carbocycles. The van der Waals surface area contributed by atoms with Gasteiger partial charge in [-0.1, -0.05) is 131 Å². The average Bonchev–Trinajstić information content (AvgIpc) is 0.715. The van der Waals surface area contributed by atoms with Gasteiger partial charge in [0.1, 0.15) is 84.6 Å². The summed E-state index contributed by atoms with van der Waals surface area (Å²) in [5.41, 5.74) is 43.5. The molecule has 33 N–H and O–H groups in total. The van der Waals surface area contributed by atoms with Crippen LogP contribution in [0.3, 0.4) is 0 Å². The first kappa shape index (κ1) is 130. The zero-order chi connectivity index (χ0) is 106. The van der Waals surface area contributed by atoms with Crippen LogP contribution in [0, 0.1) is 53.3 Å². The lowest BCUT2D eigenvalue weighted by atomic mass is 9.97. The van der Waals surface area contributed by atoms with Gasteiger partial charge < -0.3 is 125 Å². The maximum Gasteiger partial charge on any atom is 0.243 e. The van der Waals surface area contributed by atoms with E-state index in [1.807, 2.05) is 111 Å². The van der Waals surface area contributed by atoms with Crippen molar-refractivity contribution in [3.63, 3.8) is 0 Å². The lowest BCUT2D eigenvalue weighted by Crippen LogP contribution is -2.61. The van der Waals surface area contributed by atoms with Crippen LogP contribution < -0.4 is 136 Å². The number of hydrogen-bond acceptors (Lipinski definition) is 25. The second-order valence-corrected chi connectivity index (χ2v) is 40.8. The normalized spacial score (nSPS) is 14.8. The van der Waals surface area contributed by atoms with Crippen molar-refractivity contribution in [1.29, 1.82) is 0 Å². The van der Waals surface area contributed by atoms with Crippen LogP contribution >= 0.6 is 0 Å². The van der Waals surface area contributed by atoms with Crippen molar-refractivity contribution >= 4 is 100 Å². The molecule has 0 radical (unpaired) electrons. The Hall–Kier alpha value is -9.33. The first-order valence-corrected chi connectivity index (χ1v) is 51.3. The molecule has 0 aromatic heterocycles. The Labute approximate surface area is 828 Å². The van der Waals surface area contributed by atoms with E-state index in [9.17, 15) is 81.5 Å². The zero-order valence-corrected chi connectivity index (χ0v) is 87.3. The van der Waals surface area contributed by atoms with E-state index in [1.54, 1.807) is 13.8 Å². The minimum absolute atomic E-state index is 0.0194. The SMILES string of the molecule is CC(C)C[C@H](NC(=O)[C@H](CCCCN)NC(=O)[C@H](CC(C)C)NC(=O)[C@H](CC(C)C)NC(=O)[C@H](CCCCN)NC(=O)[C@@H](NC(=O)[C@H](CC(C)C)NC(=O)[C@H](CC(C)C)NC(=O)[C@H](CCCCN)NC(=O)[C@H](CC(C)C)NC(=O)[C@H](CC(C)C)NC(=O)[C@H](CCCCN)NC(=O)[C@H](CCCCN)NC(=O)[C@@H](N)CC(C)C)C(C)C)C(=O)N[C@@H](CCCCN)C(=O)NCC(=O)NCCCCCC(=O)NN. The van der Waals surface area contributed by atoms with Crippen molar-refractivity contribution in [2.75, 3.05) is 52.4 Å². The summed E-state index contributed by atoms with van der Waals surface area (Å²) < 4.78 is 0. The summed E-state index contributed by atoms with van der Waals surface area (Å²) in [6, 6.07) is -18.5. The Morgan fingerprint density at radius 2 is 0.417 bits per heavy atom. The number of unbranched alkanes of at least 4 members (excludes halogenated alkanes) is 8. The van der Waals surface area contributed by atoms with Gasteiger partial charge in [0, 0.05) is 13.0 Å². The third kappa shape index (κ3) is 58.0. The summed E-state index contributed by atoms with van der Waals surface area (Å²) in [6.45, 7) is 34.3. The maximum absolute atomic E-state index is 14.9. The van der Waals surface area contributed by atoms with E-state index < -0.39 is 198 Å². The van der Waals surface area contributed by atoms with E-state index in [0.29, 0.717) is 129 Å². The van der Waals surface area contributed by atoms with Gasteiger partial charge in [-0.05, 0) is 272 Å². The van der Waals surface area contributed by atoms with Crippen molar-refractivity contribution in [1.82, 2.24) is 90.5 Å². The van der Waals surface area contributed by atoms with Gasteiger partial charge in [0.25, 0.3) is 0 Å². The maximum atomic E-state index is 14.9. The molecule has 0 aliphatic heterocycles. The van der Waals surface area contributed by atoms with Gasteiger partial charge >= 0.3 is 0 Å². The van der Waals surface area contributed by atoms with Crippen molar-refractivity contribution in [3.05, 3.63) is 0 Å². The summed E-state index contributed by atoms with van der Waals surface area (Å²) in [4.78, 5) is 242. The molecule has 42 heteroatoms. The lowest BCUT2D eigenvalue weighted by Gasteiger charge is -2.30. The summed E-state index contributed by atoms with van der Waals surface area (Å²) in [6.07, 6.45) is 8.67. The summed E-state index contributed by atoms with van der Waals surface area (Å²) in [7, 11) is 0. The van der Waals surface area contributed by atoms with Crippen LogP contribution in [0.4, 0.5) is 0 Å². The minimum atomic E-state index is -1.34. The molecule has 0 aliphatic rings. The molecule has 0 bridgehead atoms. The standard InChI is InChI=1S/C97H187N25O17/c1-57(2)48-66(104)83(125)108-68(35-22-28-42-99)85(127)110-69(36-23-29-43-100)86(128)115-76(52-61(9)10)93(135)118-74(50-59(5)6)92(134)112-71(38-25-31-45-102)88(130)116-78(54-63(13)14)95(137)120-79(55-64(15)16)96(138)121-82(65(17)18)97(139)113-72(39-26-32-46-103)89(131)117-77(53-62(11)12)94(136)119-75(51-60(7)8)91(133)111-70(37-24-30-44-101)87(129)114-73(49-58(3)4)90(132)109-67(34-21-27-41-98)84(126)107-56-81(124)106-47-33-19-20-40-80(123)122-105/h57-79,82H,19-56,98-105H2,1-18H3,(H,106,124)(H,107,126)(H,108,125)(H,109,132)(H,110,127)(H,111,133)(H,112,134)(H,113,139)(H,114,129)(H,115,128)(H,116,130)(H,117,131)(H,118,135)(H,119,136)(H,120,137)(H,121,138)(H,122,123)/t66-,67-,68-,69-,70-,71-,72-,73-,74-,75-,76-,77-,78-,79-,82-/m0/s1. The monoisotopic (exact) mass is 1970 g/mol. The van der Waals surface area contributed by atoms with Gasteiger partial charge in [-0.3, -0.25) is 86.9 Å². The molecule has 0 aromatic rings. The smallest absolute Gasteiger partial charge is 0.243 e. The molecule has 0 aromatic carbocycles. The van der Waals surface area contributed by atoms with E-state index in [4.69, 9.17) is 46.0 Å².